The molecule has 0 aromatic carbocycles. The van der Waals surface area contributed by atoms with Crippen molar-refractivity contribution in [2.75, 3.05) is 13.1 Å². The van der Waals surface area contributed by atoms with Crippen LogP contribution < -0.4 is 0 Å². The number of carboxylic acids is 1. The van der Waals surface area contributed by atoms with Crippen LogP contribution in [-0.4, -0.2) is 49.7 Å². The predicted molar refractivity (Wildman–Crippen MR) is 68.4 cm³/mol. The zero-order valence-electron chi connectivity index (χ0n) is 11.5. The van der Waals surface area contributed by atoms with Gasteiger partial charge in [-0.2, -0.15) is 5.10 Å². The van der Waals surface area contributed by atoms with Crippen LogP contribution in [0.5, 0.6) is 0 Å². The molecule has 9 heteroatoms. The standard InChI is InChI=1S/C11H16N4O5/c1-4-14(6-5-8(16)17)11(18)10-9(15(19)20)7(2)12-13(10)3/h4-6H2,1-3H3,(H,16,17). The second kappa shape index (κ2) is 6.13. The Balaban J connectivity index is 3.12. The molecule has 0 bridgehead atoms. The van der Waals surface area contributed by atoms with Crippen molar-refractivity contribution in [3.63, 3.8) is 0 Å². The minimum Gasteiger partial charge on any atom is -0.481 e. The molecular formula is C11H16N4O5. The molecule has 0 aliphatic carbocycles. The third-order valence-electron chi connectivity index (χ3n) is 2.84. The van der Waals surface area contributed by atoms with Gasteiger partial charge in [-0.1, -0.05) is 0 Å². The monoisotopic (exact) mass is 284 g/mol. The molecule has 1 aromatic heterocycles. The van der Waals surface area contributed by atoms with E-state index in [4.69, 9.17) is 5.11 Å². The van der Waals surface area contributed by atoms with E-state index in [1.165, 1.54) is 18.9 Å². The average molecular weight is 284 g/mol. The van der Waals surface area contributed by atoms with Gasteiger partial charge in [-0.3, -0.25) is 24.4 Å². The van der Waals surface area contributed by atoms with Gasteiger partial charge in [-0.05, 0) is 13.8 Å². The van der Waals surface area contributed by atoms with E-state index in [2.05, 4.69) is 5.10 Å². The van der Waals surface area contributed by atoms with Crippen LogP contribution >= 0.6 is 0 Å². The van der Waals surface area contributed by atoms with Crippen molar-refractivity contribution in [2.24, 2.45) is 7.05 Å². The van der Waals surface area contributed by atoms with Gasteiger partial charge in [-0.15, -0.1) is 0 Å². The number of aryl methyl sites for hydroxylation is 2. The fourth-order valence-corrected chi connectivity index (χ4v) is 1.89. The van der Waals surface area contributed by atoms with Crippen LogP contribution in [0.3, 0.4) is 0 Å². The van der Waals surface area contributed by atoms with Crippen LogP contribution in [0.1, 0.15) is 29.5 Å². The summed E-state index contributed by atoms with van der Waals surface area (Å²) < 4.78 is 1.15. The smallest absolute Gasteiger partial charge is 0.322 e. The van der Waals surface area contributed by atoms with Gasteiger partial charge in [0.2, 0.25) is 5.69 Å². The molecule has 0 saturated carbocycles. The summed E-state index contributed by atoms with van der Waals surface area (Å²) in [5.74, 6) is -1.63. The number of amides is 1. The fourth-order valence-electron chi connectivity index (χ4n) is 1.89. The van der Waals surface area contributed by atoms with Crippen molar-refractivity contribution in [3.05, 3.63) is 21.5 Å². The molecule has 0 radical (unpaired) electrons. The lowest BCUT2D eigenvalue weighted by Crippen LogP contribution is -2.34. The fraction of sp³-hybridized carbons (Fsp3) is 0.545. The summed E-state index contributed by atoms with van der Waals surface area (Å²) in [6.07, 6.45) is -0.218. The Hall–Kier alpha value is -2.45. The highest BCUT2D eigenvalue weighted by Gasteiger charge is 2.31. The molecule has 9 nitrogen and oxygen atoms in total. The van der Waals surface area contributed by atoms with E-state index in [-0.39, 0.29) is 36.6 Å². The van der Waals surface area contributed by atoms with Crippen molar-refractivity contribution in [1.29, 1.82) is 0 Å². The Labute approximate surface area is 114 Å². The van der Waals surface area contributed by atoms with Gasteiger partial charge in [-0.25, -0.2) is 0 Å². The van der Waals surface area contributed by atoms with Gasteiger partial charge >= 0.3 is 11.7 Å². The summed E-state index contributed by atoms with van der Waals surface area (Å²) in [5, 5.41) is 23.5. The summed E-state index contributed by atoms with van der Waals surface area (Å²) in [5.41, 5.74) is -0.332. The molecule has 0 unspecified atom stereocenters. The van der Waals surface area contributed by atoms with Crippen LogP contribution in [0.25, 0.3) is 0 Å². The van der Waals surface area contributed by atoms with Crippen LogP contribution in [0, 0.1) is 17.0 Å². The number of carboxylic acid groups (broad SMARTS) is 1. The lowest BCUT2D eigenvalue weighted by Gasteiger charge is -2.19. The Morgan fingerprint density at radius 2 is 2.10 bits per heavy atom. The zero-order chi connectivity index (χ0) is 15.4. The van der Waals surface area contributed by atoms with E-state index in [1.807, 2.05) is 0 Å². The van der Waals surface area contributed by atoms with Gasteiger partial charge in [0.25, 0.3) is 5.91 Å². The normalized spacial score (nSPS) is 10.3. The van der Waals surface area contributed by atoms with Crippen LogP contribution in [0.4, 0.5) is 5.69 Å². The molecule has 0 aliphatic heterocycles. The maximum Gasteiger partial charge on any atom is 0.322 e. The van der Waals surface area contributed by atoms with Gasteiger partial charge < -0.3 is 10.0 Å². The Morgan fingerprint density at radius 1 is 1.50 bits per heavy atom. The summed E-state index contributed by atoms with van der Waals surface area (Å²) in [6, 6.07) is 0. The SMILES string of the molecule is CCN(CCC(=O)O)C(=O)c1c([N+](=O)[O-])c(C)nn1C. The number of carbonyl (C=O) groups excluding carboxylic acids is 1. The van der Waals surface area contributed by atoms with Crippen molar-refractivity contribution in [1.82, 2.24) is 14.7 Å². The number of hydrogen-bond acceptors (Lipinski definition) is 5. The number of hydrogen-bond donors (Lipinski definition) is 1. The highest BCUT2D eigenvalue weighted by molar-refractivity contribution is 5.97. The van der Waals surface area contributed by atoms with Gasteiger partial charge in [0.05, 0.1) is 11.3 Å². The summed E-state index contributed by atoms with van der Waals surface area (Å²) in [4.78, 5) is 34.5. The van der Waals surface area contributed by atoms with Crippen molar-refractivity contribution in [3.8, 4) is 0 Å². The first-order chi connectivity index (χ1) is 9.29. The summed E-state index contributed by atoms with van der Waals surface area (Å²) in [7, 11) is 1.44. The van der Waals surface area contributed by atoms with Crippen molar-refractivity contribution in [2.45, 2.75) is 20.3 Å². The first-order valence-electron chi connectivity index (χ1n) is 5.98. The topological polar surface area (TPSA) is 119 Å². The van der Waals surface area contributed by atoms with Crippen LogP contribution in [-0.2, 0) is 11.8 Å². The van der Waals surface area contributed by atoms with E-state index in [0.29, 0.717) is 0 Å². The lowest BCUT2D eigenvalue weighted by atomic mass is 10.2. The molecule has 1 aromatic rings. The lowest BCUT2D eigenvalue weighted by molar-refractivity contribution is -0.385. The molecule has 110 valence electrons. The number of aliphatic carboxylic acids is 1. The number of carbonyl (C=O) groups is 2. The number of nitrogens with zero attached hydrogens (tertiary/aromatic N) is 4. The van der Waals surface area contributed by atoms with E-state index in [9.17, 15) is 19.7 Å². The first-order valence-corrected chi connectivity index (χ1v) is 5.98. The molecule has 0 saturated heterocycles. The summed E-state index contributed by atoms with van der Waals surface area (Å²) >= 11 is 0. The highest BCUT2D eigenvalue weighted by Crippen LogP contribution is 2.23. The maximum absolute atomic E-state index is 12.3. The number of aromatic nitrogens is 2. The second-order valence-electron chi connectivity index (χ2n) is 4.19. The van der Waals surface area contributed by atoms with Gasteiger partial charge in [0.1, 0.15) is 5.69 Å². The molecule has 1 rings (SSSR count). The molecule has 1 heterocycles. The third kappa shape index (κ3) is 3.11. The molecule has 1 amide bonds. The molecule has 1 N–H and O–H groups in total. The van der Waals surface area contributed by atoms with E-state index >= 15 is 0 Å². The Kier molecular flexibility index (Phi) is 4.78. The van der Waals surface area contributed by atoms with Crippen LogP contribution in [0.2, 0.25) is 0 Å². The third-order valence-corrected chi connectivity index (χ3v) is 2.84. The molecule has 0 spiro atoms. The van der Waals surface area contributed by atoms with Gasteiger partial charge in [0.15, 0.2) is 0 Å². The minimum atomic E-state index is -1.04. The number of rotatable bonds is 6. The van der Waals surface area contributed by atoms with E-state index in [1.54, 1.807) is 6.92 Å². The Morgan fingerprint density at radius 3 is 2.55 bits per heavy atom. The maximum atomic E-state index is 12.3. The van der Waals surface area contributed by atoms with E-state index in [0.717, 1.165) is 4.68 Å². The minimum absolute atomic E-state index is 0.00789. The summed E-state index contributed by atoms with van der Waals surface area (Å²) in [6.45, 7) is 3.37. The molecule has 0 fully saturated rings. The molecule has 0 aliphatic rings. The number of nitro groups is 1. The zero-order valence-corrected chi connectivity index (χ0v) is 11.5. The van der Waals surface area contributed by atoms with Crippen LogP contribution in [0.15, 0.2) is 0 Å². The van der Waals surface area contributed by atoms with Crippen molar-refractivity contribution >= 4 is 17.6 Å². The van der Waals surface area contributed by atoms with E-state index < -0.39 is 16.8 Å². The first kappa shape index (κ1) is 15.6. The molecular weight excluding hydrogens is 268 g/mol. The molecule has 20 heavy (non-hydrogen) atoms. The quantitative estimate of drug-likeness (QED) is 0.602. The van der Waals surface area contributed by atoms with Gasteiger partial charge in [0, 0.05) is 20.1 Å². The highest BCUT2D eigenvalue weighted by atomic mass is 16.6. The molecule has 0 atom stereocenters. The Bertz CT molecular complexity index is 551. The largest absolute Gasteiger partial charge is 0.481 e. The van der Waals surface area contributed by atoms with Crippen molar-refractivity contribution < 1.29 is 19.6 Å². The second-order valence-corrected chi connectivity index (χ2v) is 4.19. The predicted octanol–water partition coefficient (Wildman–Crippen LogP) is 0.574. The average Bonchev–Trinajstić information content (AvgIpc) is 2.64.